The zero-order valence-electron chi connectivity index (χ0n) is 18.9. The molecule has 0 aromatic heterocycles. The molecule has 0 radical (unpaired) electrons. The first-order valence-electron chi connectivity index (χ1n) is 10.7. The number of carboxylic acids is 1. The normalized spacial score (nSPS) is 16.0. The first-order valence-corrected chi connectivity index (χ1v) is 10.7. The monoisotopic (exact) mass is 445 g/mol. The third kappa shape index (κ3) is 10.1. The van der Waals surface area contributed by atoms with Crippen molar-refractivity contribution in [2.45, 2.75) is 77.5 Å². The summed E-state index contributed by atoms with van der Waals surface area (Å²) in [5, 5.41) is 26.2. The summed E-state index contributed by atoms with van der Waals surface area (Å²) in [5.41, 5.74) is 11.3. The van der Waals surface area contributed by atoms with Crippen molar-refractivity contribution in [1.29, 1.82) is 0 Å². The van der Waals surface area contributed by atoms with Crippen LogP contribution in [0.4, 0.5) is 0 Å². The second-order valence-electron chi connectivity index (χ2n) is 8.07. The number of hydrogen-bond donors (Lipinski definition) is 7. The largest absolute Gasteiger partial charge is 0.480 e. The number of carbonyl (C=O) groups excluding carboxylic acids is 3. The molecule has 0 heterocycles. The number of unbranched alkanes of at least 4 members (excludes halogenated alkanes) is 1. The lowest BCUT2D eigenvalue weighted by molar-refractivity contribution is -0.143. The molecule has 0 spiro atoms. The molecule has 180 valence electrons. The van der Waals surface area contributed by atoms with Crippen molar-refractivity contribution in [2.24, 2.45) is 23.3 Å². The van der Waals surface area contributed by atoms with E-state index in [1.807, 2.05) is 6.92 Å². The van der Waals surface area contributed by atoms with Crippen molar-refractivity contribution in [3.63, 3.8) is 0 Å². The molecule has 9 N–H and O–H groups in total. The molecule has 0 aliphatic heterocycles. The Labute approximate surface area is 183 Å². The van der Waals surface area contributed by atoms with Gasteiger partial charge < -0.3 is 37.6 Å². The van der Waals surface area contributed by atoms with Crippen molar-refractivity contribution >= 4 is 23.7 Å². The number of aliphatic carboxylic acids is 1. The molecular formula is C20H39N5O6. The molecule has 0 rings (SSSR count). The van der Waals surface area contributed by atoms with Crippen LogP contribution in [0.2, 0.25) is 0 Å². The number of aliphatic hydroxyl groups excluding tert-OH is 1. The Balaban J connectivity index is 5.29. The second-order valence-corrected chi connectivity index (χ2v) is 8.07. The number of aliphatic hydroxyl groups is 1. The molecule has 0 aromatic carbocycles. The predicted molar refractivity (Wildman–Crippen MR) is 116 cm³/mol. The van der Waals surface area contributed by atoms with E-state index in [0.29, 0.717) is 25.8 Å². The number of carbonyl (C=O) groups is 4. The van der Waals surface area contributed by atoms with Gasteiger partial charge in [-0.1, -0.05) is 34.1 Å². The molecule has 3 amide bonds. The van der Waals surface area contributed by atoms with E-state index >= 15 is 0 Å². The molecule has 31 heavy (non-hydrogen) atoms. The summed E-state index contributed by atoms with van der Waals surface area (Å²) >= 11 is 0. The van der Waals surface area contributed by atoms with Gasteiger partial charge in [-0.25, -0.2) is 4.79 Å². The van der Waals surface area contributed by atoms with Crippen molar-refractivity contribution in [3.8, 4) is 0 Å². The van der Waals surface area contributed by atoms with E-state index < -0.39 is 54.5 Å². The molecule has 0 aromatic rings. The van der Waals surface area contributed by atoms with Gasteiger partial charge in [0.25, 0.3) is 0 Å². The van der Waals surface area contributed by atoms with Crippen LogP contribution in [0.3, 0.4) is 0 Å². The fourth-order valence-corrected chi connectivity index (χ4v) is 2.78. The molecule has 0 bridgehead atoms. The lowest BCUT2D eigenvalue weighted by Crippen LogP contribution is -2.58. The molecule has 11 heteroatoms. The van der Waals surface area contributed by atoms with Gasteiger partial charge >= 0.3 is 5.97 Å². The van der Waals surface area contributed by atoms with E-state index in [0.717, 1.165) is 0 Å². The Morgan fingerprint density at radius 1 is 0.903 bits per heavy atom. The van der Waals surface area contributed by atoms with E-state index in [1.54, 1.807) is 20.8 Å². The topological polar surface area (TPSA) is 197 Å². The van der Waals surface area contributed by atoms with Gasteiger partial charge in [0.2, 0.25) is 17.7 Å². The van der Waals surface area contributed by atoms with E-state index in [4.69, 9.17) is 11.5 Å². The quantitative estimate of drug-likeness (QED) is 0.150. The molecule has 0 aliphatic rings. The van der Waals surface area contributed by atoms with Crippen LogP contribution in [0.5, 0.6) is 0 Å². The maximum absolute atomic E-state index is 12.7. The summed E-state index contributed by atoms with van der Waals surface area (Å²) in [6.07, 6.45) is 2.01. The Hall–Kier alpha value is -2.24. The minimum atomic E-state index is -1.30. The van der Waals surface area contributed by atoms with Gasteiger partial charge in [-0.05, 0) is 37.6 Å². The Morgan fingerprint density at radius 2 is 1.45 bits per heavy atom. The van der Waals surface area contributed by atoms with E-state index in [1.165, 1.54) is 0 Å². The summed E-state index contributed by atoms with van der Waals surface area (Å²) in [7, 11) is 0. The maximum atomic E-state index is 12.7. The first kappa shape index (κ1) is 28.8. The standard InChI is InChI=1S/C20H39N5O6/c1-5-12(4)15(22)19(29)24-14(10-26)18(28)23-13(8-6-7-9-21)17(27)25-16(11(2)3)20(30)31/h11-16,26H,5-10,21-22H2,1-4H3,(H,23,28)(H,24,29)(H,25,27)(H,30,31). The van der Waals surface area contributed by atoms with E-state index in [9.17, 15) is 29.4 Å². The van der Waals surface area contributed by atoms with Gasteiger partial charge in [-0.3, -0.25) is 14.4 Å². The van der Waals surface area contributed by atoms with Gasteiger partial charge in [-0.2, -0.15) is 0 Å². The number of rotatable bonds is 15. The van der Waals surface area contributed by atoms with Gasteiger partial charge in [-0.15, -0.1) is 0 Å². The van der Waals surface area contributed by atoms with Crippen molar-refractivity contribution in [2.75, 3.05) is 13.2 Å². The van der Waals surface area contributed by atoms with E-state index in [2.05, 4.69) is 16.0 Å². The van der Waals surface area contributed by atoms with Gasteiger partial charge in [0, 0.05) is 0 Å². The van der Waals surface area contributed by atoms with Crippen LogP contribution in [0.25, 0.3) is 0 Å². The fourth-order valence-electron chi connectivity index (χ4n) is 2.78. The lowest BCUT2D eigenvalue weighted by atomic mass is 9.99. The third-order valence-corrected chi connectivity index (χ3v) is 5.19. The minimum absolute atomic E-state index is 0.124. The van der Waals surface area contributed by atoms with Crippen molar-refractivity contribution in [3.05, 3.63) is 0 Å². The van der Waals surface area contributed by atoms with Crippen LogP contribution in [0.1, 0.15) is 53.4 Å². The second kappa shape index (κ2) is 14.7. The third-order valence-electron chi connectivity index (χ3n) is 5.19. The van der Waals surface area contributed by atoms with Crippen molar-refractivity contribution < 1.29 is 29.4 Å². The highest BCUT2D eigenvalue weighted by molar-refractivity contribution is 5.94. The molecular weight excluding hydrogens is 406 g/mol. The minimum Gasteiger partial charge on any atom is -0.480 e. The number of nitrogens with one attached hydrogen (secondary N) is 3. The van der Waals surface area contributed by atoms with Crippen LogP contribution in [-0.2, 0) is 19.2 Å². The Morgan fingerprint density at radius 3 is 1.90 bits per heavy atom. The smallest absolute Gasteiger partial charge is 0.326 e. The zero-order chi connectivity index (χ0) is 24.1. The molecule has 0 aliphatic carbocycles. The molecule has 0 saturated heterocycles. The van der Waals surface area contributed by atoms with Crippen LogP contribution in [0, 0.1) is 11.8 Å². The summed E-state index contributed by atoms with van der Waals surface area (Å²) in [6, 6.07) is -4.32. The zero-order valence-corrected chi connectivity index (χ0v) is 18.9. The molecule has 5 atom stereocenters. The highest BCUT2D eigenvalue weighted by atomic mass is 16.4. The Kier molecular flexibility index (Phi) is 13.6. The van der Waals surface area contributed by atoms with Crippen LogP contribution in [-0.4, -0.2) is 71.2 Å². The van der Waals surface area contributed by atoms with Gasteiger partial charge in [0.1, 0.15) is 18.1 Å². The number of carboxylic acid groups (broad SMARTS) is 1. The maximum Gasteiger partial charge on any atom is 0.326 e. The average molecular weight is 446 g/mol. The van der Waals surface area contributed by atoms with Crippen LogP contribution >= 0.6 is 0 Å². The number of nitrogens with two attached hydrogens (primary N) is 2. The number of amides is 3. The molecule has 0 fully saturated rings. The van der Waals surface area contributed by atoms with Crippen molar-refractivity contribution in [1.82, 2.24) is 16.0 Å². The highest BCUT2D eigenvalue weighted by Crippen LogP contribution is 2.07. The summed E-state index contributed by atoms with van der Waals surface area (Å²) in [6.45, 7) is 6.68. The lowest BCUT2D eigenvalue weighted by Gasteiger charge is -2.26. The predicted octanol–water partition coefficient (Wildman–Crippen LogP) is -1.32. The fraction of sp³-hybridized carbons (Fsp3) is 0.800. The average Bonchev–Trinajstić information content (AvgIpc) is 2.72. The van der Waals surface area contributed by atoms with Crippen LogP contribution < -0.4 is 27.4 Å². The Bertz CT molecular complexity index is 601. The first-order chi connectivity index (χ1) is 14.5. The van der Waals surface area contributed by atoms with Crippen LogP contribution in [0.15, 0.2) is 0 Å². The summed E-state index contributed by atoms with van der Waals surface area (Å²) < 4.78 is 0. The highest BCUT2D eigenvalue weighted by Gasteiger charge is 2.31. The van der Waals surface area contributed by atoms with E-state index in [-0.39, 0.29) is 18.3 Å². The molecule has 0 saturated carbocycles. The number of hydrogen-bond acceptors (Lipinski definition) is 7. The molecule has 5 unspecified atom stereocenters. The van der Waals surface area contributed by atoms with Gasteiger partial charge in [0.05, 0.1) is 12.6 Å². The van der Waals surface area contributed by atoms with Gasteiger partial charge in [0.15, 0.2) is 0 Å². The molecule has 11 nitrogen and oxygen atoms in total. The summed E-state index contributed by atoms with van der Waals surface area (Å²) in [4.78, 5) is 48.9. The SMILES string of the molecule is CCC(C)C(N)C(=O)NC(CO)C(=O)NC(CCCCN)C(=O)NC(C(=O)O)C(C)C. The summed E-state index contributed by atoms with van der Waals surface area (Å²) in [5.74, 6) is -3.69.